The van der Waals surface area contributed by atoms with Gasteiger partial charge in [-0.25, -0.2) is 4.98 Å². The van der Waals surface area contributed by atoms with Gasteiger partial charge in [-0.15, -0.1) is 11.3 Å². The largest absolute Gasteiger partial charge is 0.493 e. The van der Waals surface area contributed by atoms with Gasteiger partial charge in [0.05, 0.1) is 17.7 Å². The summed E-state index contributed by atoms with van der Waals surface area (Å²) >= 11 is 1.29. The summed E-state index contributed by atoms with van der Waals surface area (Å²) in [4.78, 5) is 42.7. The predicted octanol–water partition coefficient (Wildman–Crippen LogP) is 1.86. The molecule has 0 aliphatic heterocycles. The summed E-state index contributed by atoms with van der Waals surface area (Å²) in [6.45, 7) is 1.74. The Labute approximate surface area is 158 Å². The number of aromatic nitrogens is 2. The first-order chi connectivity index (χ1) is 13.1. The zero-order valence-electron chi connectivity index (χ0n) is 14.5. The molecule has 0 bridgehead atoms. The van der Waals surface area contributed by atoms with Crippen LogP contribution in [-0.2, 0) is 16.1 Å². The van der Waals surface area contributed by atoms with E-state index in [9.17, 15) is 14.4 Å². The van der Waals surface area contributed by atoms with Gasteiger partial charge in [-0.05, 0) is 30.5 Å². The van der Waals surface area contributed by atoms with Crippen molar-refractivity contribution in [3.8, 4) is 5.75 Å². The Morgan fingerprint density at radius 2 is 2.07 bits per heavy atom. The van der Waals surface area contributed by atoms with Gasteiger partial charge in [0.15, 0.2) is 0 Å². The molecule has 3 rings (SSSR count). The number of hydrogen-bond donors (Lipinski definition) is 2. The SMILES string of the molecule is CCOc1ccccc1C(=O)NCC(=O)OCc1nc2ccsc2c(=O)[nH]1. The van der Waals surface area contributed by atoms with Crippen LogP contribution in [0.1, 0.15) is 23.1 Å². The summed E-state index contributed by atoms with van der Waals surface area (Å²) < 4.78 is 11.0. The molecule has 9 heteroatoms. The Bertz CT molecular complexity index is 1030. The van der Waals surface area contributed by atoms with Crippen molar-refractivity contribution in [3.05, 3.63) is 57.5 Å². The second kappa shape index (κ2) is 8.45. The minimum atomic E-state index is -0.648. The van der Waals surface area contributed by atoms with Crippen LogP contribution in [0.25, 0.3) is 10.2 Å². The monoisotopic (exact) mass is 387 g/mol. The first-order valence-electron chi connectivity index (χ1n) is 8.20. The lowest BCUT2D eigenvalue weighted by Gasteiger charge is -2.10. The number of esters is 1. The average Bonchev–Trinajstić information content (AvgIpc) is 3.14. The standard InChI is InChI=1S/C18H17N3O5S/c1-2-25-13-6-4-3-5-11(13)17(23)19-9-15(22)26-10-14-20-12-7-8-27-16(12)18(24)21-14/h3-8H,2,9-10H2,1H3,(H,19,23)(H,20,21,24). The number of rotatable bonds is 7. The summed E-state index contributed by atoms with van der Waals surface area (Å²) in [5.41, 5.74) is 0.610. The van der Waals surface area contributed by atoms with Crippen LogP contribution in [0.2, 0.25) is 0 Å². The Morgan fingerprint density at radius 1 is 1.26 bits per heavy atom. The molecule has 0 aliphatic carbocycles. The zero-order valence-corrected chi connectivity index (χ0v) is 15.3. The zero-order chi connectivity index (χ0) is 19.2. The number of para-hydroxylation sites is 1. The number of hydrogen-bond acceptors (Lipinski definition) is 7. The number of nitrogens with zero attached hydrogens (tertiary/aromatic N) is 1. The summed E-state index contributed by atoms with van der Waals surface area (Å²) in [5.74, 6) is -0.406. The lowest BCUT2D eigenvalue weighted by Crippen LogP contribution is -2.31. The fraction of sp³-hybridized carbons (Fsp3) is 0.222. The number of amides is 1. The van der Waals surface area contributed by atoms with Gasteiger partial charge in [-0.2, -0.15) is 0 Å². The molecular formula is C18H17N3O5S. The lowest BCUT2D eigenvalue weighted by atomic mass is 10.2. The van der Waals surface area contributed by atoms with E-state index in [1.54, 1.807) is 35.7 Å². The van der Waals surface area contributed by atoms with Gasteiger partial charge in [0.1, 0.15) is 29.4 Å². The molecular weight excluding hydrogens is 370 g/mol. The maximum Gasteiger partial charge on any atom is 0.325 e. The van der Waals surface area contributed by atoms with E-state index in [1.807, 2.05) is 6.92 Å². The number of carbonyl (C=O) groups is 2. The molecule has 0 radical (unpaired) electrons. The van der Waals surface area contributed by atoms with Gasteiger partial charge in [0.2, 0.25) is 0 Å². The quantitative estimate of drug-likeness (QED) is 0.599. The highest BCUT2D eigenvalue weighted by atomic mass is 32.1. The van der Waals surface area contributed by atoms with Crippen molar-refractivity contribution in [2.75, 3.05) is 13.2 Å². The minimum absolute atomic E-state index is 0.189. The second-order valence-corrected chi connectivity index (χ2v) is 6.34. The summed E-state index contributed by atoms with van der Waals surface area (Å²) in [6.07, 6.45) is 0. The van der Waals surface area contributed by atoms with Crippen LogP contribution in [-0.4, -0.2) is 35.0 Å². The summed E-state index contributed by atoms with van der Waals surface area (Å²) in [7, 11) is 0. The van der Waals surface area contributed by atoms with Crippen LogP contribution in [0.4, 0.5) is 0 Å². The van der Waals surface area contributed by atoms with E-state index in [0.717, 1.165) is 0 Å². The normalized spacial score (nSPS) is 10.6. The fourth-order valence-electron chi connectivity index (χ4n) is 2.37. The van der Waals surface area contributed by atoms with Gasteiger partial charge < -0.3 is 19.8 Å². The highest BCUT2D eigenvalue weighted by molar-refractivity contribution is 7.17. The molecule has 2 N–H and O–H groups in total. The molecule has 1 amide bonds. The van der Waals surface area contributed by atoms with E-state index in [4.69, 9.17) is 9.47 Å². The molecule has 0 unspecified atom stereocenters. The van der Waals surface area contributed by atoms with E-state index >= 15 is 0 Å². The van der Waals surface area contributed by atoms with Crippen molar-refractivity contribution in [3.63, 3.8) is 0 Å². The first kappa shape index (κ1) is 18.6. The lowest BCUT2D eigenvalue weighted by molar-refractivity contribution is -0.143. The number of benzene rings is 1. The van der Waals surface area contributed by atoms with Gasteiger partial charge in [-0.1, -0.05) is 12.1 Å². The van der Waals surface area contributed by atoms with Gasteiger partial charge in [-0.3, -0.25) is 14.4 Å². The molecule has 0 atom stereocenters. The Morgan fingerprint density at radius 3 is 2.89 bits per heavy atom. The van der Waals surface area contributed by atoms with Crippen molar-refractivity contribution in [2.24, 2.45) is 0 Å². The minimum Gasteiger partial charge on any atom is -0.493 e. The van der Waals surface area contributed by atoms with Crippen molar-refractivity contribution in [2.45, 2.75) is 13.5 Å². The average molecular weight is 387 g/mol. The molecule has 3 aromatic rings. The molecule has 1 aromatic carbocycles. The van der Waals surface area contributed by atoms with Crippen LogP contribution in [0.15, 0.2) is 40.5 Å². The molecule has 140 valence electrons. The van der Waals surface area contributed by atoms with Gasteiger partial charge in [0, 0.05) is 0 Å². The van der Waals surface area contributed by atoms with Crippen molar-refractivity contribution >= 4 is 33.4 Å². The first-order valence-corrected chi connectivity index (χ1v) is 9.08. The van der Waals surface area contributed by atoms with Gasteiger partial charge >= 0.3 is 5.97 Å². The van der Waals surface area contributed by atoms with Crippen molar-refractivity contribution in [1.82, 2.24) is 15.3 Å². The highest BCUT2D eigenvalue weighted by Crippen LogP contribution is 2.17. The number of nitrogens with one attached hydrogen (secondary N) is 2. The van der Waals surface area contributed by atoms with Crippen LogP contribution in [0.3, 0.4) is 0 Å². The molecule has 0 aliphatic rings. The molecule has 2 aromatic heterocycles. The molecule has 27 heavy (non-hydrogen) atoms. The van der Waals surface area contributed by atoms with Crippen LogP contribution in [0, 0.1) is 0 Å². The van der Waals surface area contributed by atoms with Crippen LogP contribution >= 0.6 is 11.3 Å². The fourth-order valence-corrected chi connectivity index (χ4v) is 3.10. The Hall–Kier alpha value is -3.20. The smallest absolute Gasteiger partial charge is 0.325 e. The molecule has 0 fully saturated rings. The van der Waals surface area contributed by atoms with E-state index < -0.39 is 11.9 Å². The molecule has 0 spiro atoms. The third-order valence-electron chi connectivity index (χ3n) is 3.56. The van der Waals surface area contributed by atoms with Crippen LogP contribution in [0.5, 0.6) is 5.75 Å². The number of ether oxygens (including phenoxy) is 2. The molecule has 0 saturated carbocycles. The molecule has 0 saturated heterocycles. The highest BCUT2D eigenvalue weighted by Gasteiger charge is 2.14. The van der Waals surface area contributed by atoms with Crippen molar-refractivity contribution < 1.29 is 19.1 Å². The third-order valence-corrected chi connectivity index (χ3v) is 4.46. The second-order valence-electron chi connectivity index (χ2n) is 5.42. The summed E-state index contributed by atoms with van der Waals surface area (Å²) in [5, 5.41) is 4.25. The number of thiophene rings is 1. The van der Waals surface area contributed by atoms with E-state index in [2.05, 4.69) is 15.3 Å². The van der Waals surface area contributed by atoms with Gasteiger partial charge in [0.25, 0.3) is 11.5 Å². The molecule has 8 nitrogen and oxygen atoms in total. The van der Waals surface area contributed by atoms with Crippen molar-refractivity contribution in [1.29, 1.82) is 0 Å². The maximum absolute atomic E-state index is 12.2. The molecule has 2 heterocycles. The Kier molecular flexibility index (Phi) is 5.82. The third kappa shape index (κ3) is 4.50. The van der Waals surface area contributed by atoms with E-state index in [-0.39, 0.29) is 24.5 Å². The van der Waals surface area contributed by atoms with Crippen LogP contribution < -0.4 is 15.6 Å². The Balaban J connectivity index is 1.55. The number of carbonyl (C=O) groups excluding carboxylic acids is 2. The maximum atomic E-state index is 12.2. The topological polar surface area (TPSA) is 110 Å². The number of aromatic amines is 1. The summed E-state index contributed by atoms with van der Waals surface area (Å²) in [6, 6.07) is 8.47. The predicted molar refractivity (Wildman–Crippen MR) is 100.0 cm³/mol. The number of fused-ring (bicyclic) bond motifs is 1. The van der Waals surface area contributed by atoms with E-state index in [0.29, 0.717) is 28.1 Å². The number of H-pyrrole nitrogens is 1. The van der Waals surface area contributed by atoms with E-state index in [1.165, 1.54) is 11.3 Å².